The number of hydrogen-bond donors (Lipinski definition) is 2. The van der Waals surface area contributed by atoms with Gasteiger partial charge in [-0.25, -0.2) is 0 Å². The fraction of sp³-hybridized carbons (Fsp3) is 0.281. The minimum absolute atomic E-state index is 0.0247. The minimum atomic E-state index is -0.950. The Labute approximate surface area is 233 Å². The number of aliphatic hydroxyl groups excluding tert-OH is 1. The predicted molar refractivity (Wildman–Crippen MR) is 151 cm³/mol. The molecular formula is C32H33NO7. The number of esters is 1. The molecule has 1 aliphatic rings. The average Bonchev–Trinajstić information content (AvgIpc) is 3.18. The molecule has 3 aromatic rings. The van der Waals surface area contributed by atoms with Crippen molar-refractivity contribution in [1.29, 1.82) is 0 Å². The number of Topliss-reactive ketones (excluding diaryl/α,β-unsaturated/α-hetero) is 1. The number of phenols is 1. The van der Waals surface area contributed by atoms with Crippen molar-refractivity contribution < 1.29 is 34.1 Å². The van der Waals surface area contributed by atoms with Gasteiger partial charge in [-0.05, 0) is 78.9 Å². The molecule has 1 atom stereocenters. The highest BCUT2D eigenvalue weighted by Gasteiger charge is 2.47. The van der Waals surface area contributed by atoms with Crippen LogP contribution in [-0.2, 0) is 25.5 Å². The van der Waals surface area contributed by atoms with E-state index >= 15 is 0 Å². The Hall–Kier alpha value is -4.59. The van der Waals surface area contributed by atoms with Gasteiger partial charge in [-0.15, -0.1) is 0 Å². The molecule has 0 spiro atoms. The van der Waals surface area contributed by atoms with Crippen molar-refractivity contribution in [2.45, 2.75) is 40.2 Å². The van der Waals surface area contributed by atoms with Gasteiger partial charge in [0.05, 0.1) is 31.2 Å². The van der Waals surface area contributed by atoms with Crippen LogP contribution < -0.4 is 9.64 Å². The maximum absolute atomic E-state index is 13.4. The first-order valence-electron chi connectivity index (χ1n) is 13.2. The molecule has 0 radical (unpaired) electrons. The summed E-state index contributed by atoms with van der Waals surface area (Å²) in [6, 6.07) is 17.0. The highest BCUT2D eigenvalue weighted by atomic mass is 16.5. The number of benzene rings is 3. The van der Waals surface area contributed by atoms with E-state index in [2.05, 4.69) is 0 Å². The van der Waals surface area contributed by atoms with E-state index < -0.39 is 17.7 Å². The lowest BCUT2D eigenvalue weighted by atomic mass is 9.94. The first kappa shape index (κ1) is 28.4. The third kappa shape index (κ3) is 6.01. The Morgan fingerprint density at radius 1 is 1.00 bits per heavy atom. The molecule has 1 saturated heterocycles. The Bertz CT molecular complexity index is 1440. The van der Waals surface area contributed by atoms with Crippen molar-refractivity contribution in [2.75, 3.05) is 18.1 Å². The van der Waals surface area contributed by atoms with Crippen LogP contribution >= 0.6 is 0 Å². The molecule has 40 heavy (non-hydrogen) atoms. The highest BCUT2D eigenvalue weighted by molar-refractivity contribution is 6.51. The van der Waals surface area contributed by atoms with E-state index in [1.54, 1.807) is 61.5 Å². The number of phenolic OH excluding ortho intramolecular Hbond substituents is 1. The fourth-order valence-corrected chi connectivity index (χ4v) is 4.59. The molecule has 1 unspecified atom stereocenters. The normalized spacial score (nSPS) is 16.4. The van der Waals surface area contributed by atoms with Crippen LogP contribution in [0.1, 0.15) is 49.1 Å². The molecule has 4 rings (SSSR count). The second-order valence-electron chi connectivity index (χ2n) is 10.1. The predicted octanol–water partition coefficient (Wildman–Crippen LogP) is 5.47. The number of amides is 1. The van der Waals surface area contributed by atoms with Crippen molar-refractivity contribution in [3.8, 4) is 11.5 Å². The topological polar surface area (TPSA) is 113 Å². The number of rotatable bonds is 9. The van der Waals surface area contributed by atoms with Gasteiger partial charge in [0.1, 0.15) is 17.3 Å². The van der Waals surface area contributed by atoms with Gasteiger partial charge in [-0.2, -0.15) is 0 Å². The number of carbonyl (C=O) groups is 3. The molecule has 0 aliphatic carbocycles. The van der Waals surface area contributed by atoms with Crippen molar-refractivity contribution in [2.24, 2.45) is 5.92 Å². The Morgan fingerprint density at radius 2 is 1.68 bits per heavy atom. The maximum atomic E-state index is 13.4. The molecule has 8 nitrogen and oxygen atoms in total. The SMILES string of the molecule is CCOC(=O)Cc1ccc(N2C(=O)C(=O)/C(=C(\O)c3ccc(OCC(C)C)c(C)c3)C2c2ccc(O)cc2)cc1. The molecule has 1 heterocycles. The summed E-state index contributed by atoms with van der Waals surface area (Å²) in [5, 5.41) is 21.3. The van der Waals surface area contributed by atoms with Gasteiger partial charge >= 0.3 is 5.97 Å². The van der Waals surface area contributed by atoms with Crippen LogP contribution in [0.3, 0.4) is 0 Å². The molecule has 2 N–H and O–H groups in total. The fourth-order valence-electron chi connectivity index (χ4n) is 4.59. The number of aryl methyl sites for hydroxylation is 1. The molecule has 1 fully saturated rings. The monoisotopic (exact) mass is 543 g/mol. The standard InChI is InChI=1S/C32H33NO7/c1-5-39-27(35)17-21-6-11-24(12-7-21)33-29(22-8-13-25(34)14-9-22)28(31(37)32(33)38)30(36)23-10-15-26(20(4)16-23)40-18-19(2)3/h6-16,19,29,34,36H,5,17-18H2,1-4H3/b30-28-. The van der Waals surface area contributed by atoms with Gasteiger partial charge in [0, 0.05) is 11.3 Å². The molecule has 0 aromatic heterocycles. The van der Waals surface area contributed by atoms with E-state index in [1.165, 1.54) is 17.0 Å². The third-order valence-electron chi connectivity index (χ3n) is 6.54. The van der Waals surface area contributed by atoms with Gasteiger partial charge in [0.15, 0.2) is 0 Å². The maximum Gasteiger partial charge on any atom is 0.310 e. The van der Waals surface area contributed by atoms with Crippen LogP contribution in [0.4, 0.5) is 5.69 Å². The van der Waals surface area contributed by atoms with Crippen molar-refractivity contribution in [3.63, 3.8) is 0 Å². The Kier molecular flexibility index (Phi) is 8.58. The number of aliphatic hydroxyl groups is 1. The van der Waals surface area contributed by atoms with E-state index in [9.17, 15) is 24.6 Å². The summed E-state index contributed by atoms with van der Waals surface area (Å²) in [5.41, 5.74) is 2.72. The summed E-state index contributed by atoms with van der Waals surface area (Å²) >= 11 is 0. The van der Waals surface area contributed by atoms with E-state index in [0.29, 0.717) is 40.7 Å². The number of nitrogens with zero attached hydrogens (tertiary/aromatic N) is 1. The number of aromatic hydroxyl groups is 1. The van der Waals surface area contributed by atoms with Crippen LogP contribution in [0.2, 0.25) is 0 Å². The number of hydrogen-bond acceptors (Lipinski definition) is 7. The van der Waals surface area contributed by atoms with Crippen molar-refractivity contribution in [3.05, 3.63) is 94.6 Å². The van der Waals surface area contributed by atoms with Gasteiger partial charge in [-0.1, -0.05) is 38.1 Å². The smallest absolute Gasteiger partial charge is 0.310 e. The van der Waals surface area contributed by atoms with Gasteiger partial charge in [0.25, 0.3) is 11.7 Å². The van der Waals surface area contributed by atoms with Crippen LogP contribution in [0, 0.1) is 12.8 Å². The zero-order chi connectivity index (χ0) is 29.0. The molecule has 208 valence electrons. The van der Waals surface area contributed by atoms with Crippen molar-refractivity contribution >= 4 is 29.1 Å². The van der Waals surface area contributed by atoms with Gasteiger partial charge in [0.2, 0.25) is 0 Å². The number of ether oxygens (including phenoxy) is 2. The molecule has 3 aromatic carbocycles. The molecule has 0 bridgehead atoms. The van der Waals surface area contributed by atoms with Crippen LogP contribution in [0.5, 0.6) is 11.5 Å². The summed E-state index contributed by atoms with van der Waals surface area (Å²) in [6.45, 7) is 8.49. The number of ketones is 1. The van der Waals surface area contributed by atoms with E-state index in [1.807, 2.05) is 20.8 Å². The average molecular weight is 544 g/mol. The lowest BCUT2D eigenvalue weighted by Crippen LogP contribution is -2.29. The quantitative estimate of drug-likeness (QED) is 0.159. The zero-order valence-corrected chi connectivity index (χ0v) is 23.0. The summed E-state index contributed by atoms with van der Waals surface area (Å²) < 4.78 is 10.8. The lowest BCUT2D eigenvalue weighted by molar-refractivity contribution is -0.142. The summed E-state index contributed by atoms with van der Waals surface area (Å²) in [6.07, 6.45) is 0.0740. The lowest BCUT2D eigenvalue weighted by Gasteiger charge is -2.25. The molecular weight excluding hydrogens is 510 g/mol. The highest BCUT2D eigenvalue weighted by Crippen LogP contribution is 2.42. The van der Waals surface area contributed by atoms with Crippen LogP contribution in [0.25, 0.3) is 5.76 Å². The van der Waals surface area contributed by atoms with Gasteiger partial charge in [-0.3, -0.25) is 19.3 Å². The molecule has 8 heteroatoms. The minimum Gasteiger partial charge on any atom is -0.508 e. The van der Waals surface area contributed by atoms with Gasteiger partial charge < -0.3 is 19.7 Å². The summed E-state index contributed by atoms with van der Waals surface area (Å²) in [4.78, 5) is 40.0. The zero-order valence-electron chi connectivity index (χ0n) is 23.0. The third-order valence-corrected chi connectivity index (χ3v) is 6.54. The first-order valence-corrected chi connectivity index (χ1v) is 13.2. The number of carbonyl (C=O) groups excluding carboxylic acids is 3. The first-order chi connectivity index (χ1) is 19.1. The second kappa shape index (κ2) is 12.1. The molecule has 1 amide bonds. The molecule has 0 saturated carbocycles. The van der Waals surface area contributed by atoms with Crippen LogP contribution in [0.15, 0.2) is 72.3 Å². The van der Waals surface area contributed by atoms with E-state index in [0.717, 1.165) is 5.56 Å². The Morgan fingerprint density at radius 3 is 2.27 bits per heavy atom. The second-order valence-corrected chi connectivity index (χ2v) is 10.1. The Balaban J connectivity index is 1.77. The molecule has 1 aliphatic heterocycles. The number of anilines is 1. The van der Waals surface area contributed by atoms with E-state index in [4.69, 9.17) is 9.47 Å². The largest absolute Gasteiger partial charge is 0.508 e. The summed E-state index contributed by atoms with van der Waals surface area (Å²) in [5.74, 6) is -1.27. The summed E-state index contributed by atoms with van der Waals surface area (Å²) in [7, 11) is 0. The van der Waals surface area contributed by atoms with E-state index in [-0.39, 0.29) is 36.1 Å². The van der Waals surface area contributed by atoms with Crippen LogP contribution in [-0.4, -0.2) is 41.1 Å². The van der Waals surface area contributed by atoms with Crippen molar-refractivity contribution in [1.82, 2.24) is 0 Å².